The van der Waals surface area contributed by atoms with Crippen molar-refractivity contribution in [1.29, 1.82) is 0 Å². The summed E-state index contributed by atoms with van der Waals surface area (Å²) in [5.41, 5.74) is 0.783. The van der Waals surface area contributed by atoms with Gasteiger partial charge in [0, 0.05) is 18.8 Å². The molecule has 32 heavy (non-hydrogen) atoms. The summed E-state index contributed by atoms with van der Waals surface area (Å²) in [4.78, 5) is 23.9. The number of ether oxygens (including phenoxy) is 2. The molecule has 4 nitrogen and oxygen atoms in total. The summed E-state index contributed by atoms with van der Waals surface area (Å²) in [7, 11) is 0. The van der Waals surface area contributed by atoms with Gasteiger partial charge in [0.1, 0.15) is 0 Å². The van der Waals surface area contributed by atoms with Gasteiger partial charge in [0.15, 0.2) is 6.10 Å². The number of rotatable bonds is 19. The first-order chi connectivity index (χ1) is 15.4. The molecule has 0 aliphatic heterocycles. The minimum absolute atomic E-state index is 0.0650. The quantitative estimate of drug-likeness (QED) is 0.116. The summed E-state index contributed by atoms with van der Waals surface area (Å²) in [6.07, 6.45) is 14.4. The van der Waals surface area contributed by atoms with Crippen LogP contribution in [0.4, 0.5) is 0 Å². The predicted molar refractivity (Wildman–Crippen MR) is 133 cm³/mol. The Labute approximate surface area is 197 Å². The van der Waals surface area contributed by atoms with Gasteiger partial charge in [-0.15, -0.1) is 0 Å². The second-order valence-corrected chi connectivity index (χ2v) is 8.98. The van der Waals surface area contributed by atoms with Crippen LogP contribution in [0.5, 0.6) is 0 Å². The molecule has 0 fully saturated rings. The number of unbranched alkanes of at least 4 members (excludes halogenated alkanes) is 9. The summed E-state index contributed by atoms with van der Waals surface area (Å²) in [6.45, 7) is 12.6. The molecule has 0 amide bonds. The molecule has 0 aliphatic carbocycles. The number of allylic oxidation sites excluding steroid dienone is 1. The van der Waals surface area contributed by atoms with Crippen molar-refractivity contribution >= 4 is 11.9 Å². The van der Waals surface area contributed by atoms with E-state index in [1.165, 1.54) is 19.3 Å². The van der Waals surface area contributed by atoms with Gasteiger partial charge in [0.2, 0.25) is 0 Å². The lowest BCUT2D eigenvalue weighted by atomic mass is 9.99. The van der Waals surface area contributed by atoms with E-state index < -0.39 is 0 Å². The van der Waals surface area contributed by atoms with Crippen LogP contribution in [0.15, 0.2) is 12.2 Å². The lowest BCUT2D eigenvalue weighted by Crippen LogP contribution is -2.24. The molecule has 0 aliphatic rings. The molecule has 0 bridgehead atoms. The summed E-state index contributed by atoms with van der Waals surface area (Å²) in [6, 6.07) is 0. The van der Waals surface area contributed by atoms with Crippen LogP contribution in [0.3, 0.4) is 0 Å². The van der Waals surface area contributed by atoms with Crippen molar-refractivity contribution in [3.63, 3.8) is 0 Å². The zero-order valence-corrected chi connectivity index (χ0v) is 21.3. The molecule has 0 rings (SSSR count). The molecule has 4 heteroatoms. The largest absolute Gasteiger partial charge is 0.466 e. The molecule has 2 atom stereocenters. The molecule has 0 saturated heterocycles. The Balaban J connectivity index is 3.79. The lowest BCUT2D eigenvalue weighted by molar-refractivity contribution is -0.148. The molecule has 2 unspecified atom stereocenters. The highest BCUT2D eigenvalue weighted by Gasteiger charge is 2.18. The van der Waals surface area contributed by atoms with Gasteiger partial charge < -0.3 is 9.47 Å². The molecular weight excluding hydrogens is 400 g/mol. The minimum Gasteiger partial charge on any atom is -0.466 e. The van der Waals surface area contributed by atoms with Gasteiger partial charge in [-0.25, -0.2) is 0 Å². The number of hydrogen-bond donors (Lipinski definition) is 0. The second-order valence-electron chi connectivity index (χ2n) is 8.98. The Bertz CT molecular complexity index is 570. The van der Waals surface area contributed by atoms with E-state index in [0.29, 0.717) is 19.4 Å². The molecule has 0 N–H and O–H groups in total. The number of carbonyl (C=O) groups is 2. The van der Waals surface area contributed by atoms with Gasteiger partial charge >= 0.3 is 11.9 Å². The zero-order valence-electron chi connectivity index (χ0n) is 21.3. The molecule has 0 aromatic carbocycles. The van der Waals surface area contributed by atoms with Crippen molar-refractivity contribution < 1.29 is 19.1 Å². The molecule has 0 saturated carbocycles. The first-order valence-corrected chi connectivity index (χ1v) is 12.9. The van der Waals surface area contributed by atoms with E-state index >= 15 is 0 Å². The minimum atomic E-state index is -0.352. The van der Waals surface area contributed by atoms with E-state index in [1.807, 2.05) is 6.92 Å². The second kappa shape index (κ2) is 21.1. The summed E-state index contributed by atoms with van der Waals surface area (Å²) in [5, 5.41) is 0. The maximum atomic E-state index is 12.2. The fraction of sp³-hybridized carbons (Fsp3) is 0.786. The number of carbonyl (C=O) groups excluding carboxylic acids is 2. The molecule has 0 radical (unpaired) electrons. The molecule has 0 heterocycles. The van der Waals surface area contributed by atoms with E-state index in [1.54, 1.807) is 0 Å². The van der Waals surface area contributed by atoms with Crippen LogP contribution >= 0.6 is 0 Å². The third kappa shape index (κ3) is 19.0. The van der Waals surface area contributed by atoms with Gasteiger partial charge in [0.25, 0.3) is 0 Å². The van der Waals surface area contributed by atoms with Crippen LogP contribution in [0.1, 0.15) is 124 Å². The Morgan fingerprint density at radius 3 is 1.97 bits per heavy atom. The molecule has 184 valence electrons. The van der Waals surface area contributed by atoms with E-state index in [9.17, 15) is 9.59 Å². The van der Waals surface area contributed by atoms with Crippen molar-refractivity contribution in [2.75, 3.05) is 6.61 Å². The highest BCUT2D eigenvalue weighted by atomic mass is 16.5. The Morgan fingerprint density at radius 1 is 0.812 bits per heavy atom. The van der Waals surface area contributed by atoms with Crippen molar-refractivity contribution in [3.8, 4) is 11.8 Å². The van der Waals surface area contributed by atoms with Gasteiger partial charge in [-0.1, -0.05) is 97.0 Å². The standard InChI is InChI=1S/C28H48O4/c1-6-8-9-14-17-23-31-27(29)19-15-12-10-11-13-16-20-28(30)32-26(22-21-24(3)4)25(5)18-7-2/h25-26H,3,6-20,23H2,1-2,4-5H3. The highest BCUT2D eigenvalue weighted by Crippen LogP contribution is 2.16. The number of esters is 2. The SMILES string of the molecule is C=C(C)C#CC(OC(=O)CCCCCCCCC(=O)OCCCCCCC)C(C)CCC. The van der Waals surface area contributed by atoms with Crippen LogP contribution in [-0.4, -0.2) is 24.6 Å². The third-order valence-electron chi connectivity index (χ3n) is 5.47. The van der Waals surface area contributed by atoms with E-state index in [-0.39, 0.29) is 24.0 Å². The summed E-state index contributed by atoms with van der Waals surface area (Å²) in [5.74, 6) is 6.02. The van der Waals surface area contributed by atoms with Gasteiger partial charge in [-0.2, -0.15) is 0 Å². The van der Waals surface area contributed by atoms with Crippen molar-refractivity contribution in [1.82, 2.24) is 0 Å². The van der Waals surface area contributed by atoms with Crippen LogP contribution in [0, 0.1) is 17.8 Å². The summed E-state index contributed by atoms with van der Waals surface area (Å²) >= 11 is 0. The van der Waals surface area contributed by atoms with Gasteiger partial charge in [0.05, 0.1) is 6.61 Å². The number of hydrogen-bond acceptors (Lipinski definition) is 4. The van der Waals surface area contributed by atoms with Crippen molar-refractivity contribution in [2.45, 2.75) is 130 Å². The predicted octanol–water partition coefficient (Wildman–Crippen LogP) is 7.55. The van der Waals surface area contributed by atoms with Crippen LogP contribution < -0.4 is 0 Å². The first kappa shape index (κ1) is 30.2. The fourth-order valence-corrected chi connectivity index (χ4v) is 3.50. The average molecular weight is 449 g/mol. The zero-order chi connectivity index (χ0) is 24.0. The maximum absolute atomic E-state index is 12.2. The topological polar surface area (TPSA) is 52.6 Å². The molecule has 0 aromatic heterocycles. The molecule has 0 aromatic rings. The third-order valence-corrected chi connectivity index (χ3v) is 5.47. The van der Waals surface area contributed by atoms with Crippen LogP contribution in [0.2, 0.25) is 0 Å². The molecular formula is C28H48O4. The summed E-state index contributed by atoms with van der Waals surface area (Å²) < 4.78 is 10.9. The van der Waals surface area contributed by atoms with Crippen LogP contribution in [0.25, 0.3) is 0 Å². The van der Waals surface area contributed by atoms with Crippen molar-refractivity contribution in [2.24, 2.45) is 5.92 Å². The maximum Gasteiger partial charge on any atom is 0.307 e. The Hall–Kier alpha value is -1.76. The Morgan fingerprint density at radius 2 is 1.38 bits per heavy atom. The highest BCUT2D eigenvalue weighted by molar-refractivity contribution is 5.70. The van der Waals surface area contributed by atoms with E-state index in [4.69, 9.17) is 9.47 Å². The monoisotopic (exact) mass is 448 g/mol. The lowest BCUT2D eigenvalue weighted by Gasteiger charge is -2.19. The molecule has 0 spiro atoms. The van der Waals surface area contributed by atoms with E-state index in [2.05, 4.69) is 39.2 Å². The first-order valence-electron chi connectivity index (χ1n) is 12.9. The average Bonchev–Trinajstić information content (AvgIpc) is 2.75. The van der Waals surface area contributed by atoms with Gasteiger partial charge in [-0.05, 0) is 38.2 Å². The fourth-order valence-electron chi connectivity index (χ4n) is 3.50. The smallest absolute Gasteiger partial charge is 0.307 e. The van der Waals surface area contributed by atoms with Crippen molar-refractivity contribution in [3.05, 3.63) is 12.2 Å². The normalized spacial score (nSPS) is 12.4. The van der Waals surface area contributed by atoms with Gasteiger partial charge in [-0.3, -0.25) is 9.59 Å². The van der Waals surface area contributed by atoms with Crippen LogP contribution in [-0.2, 0) is 19.1 Å². The Kier molecular flexibility index (Phi) is 19.9. The van der Waals surface area contributed by atoms with E-state index in [0.717, 1.165) is 69.8 Å².